The standard InChI is InChI=1S/C16H16FN3O2S/c1-3-23-16-19-15(22)13-10(9-6-4-5-7-11(9)17)8-12(21)18-14(13)20(16)2/h4-7,10H,3,8H2,1-2H3,(H,18,21)/t10-/m0/s1. The third kappa shape index (κ3) is 2.76. The predicted octanol–water partition coefficient (Wildman–Crippen LogP) is 2.51. The van der Waals surface area contributed by atoms with E-state index in [-0.39, 0.29) is 12.3 Å². The van der Waals surface area contributed by atoms with Crippen LogP contribution < -0.4 is 10.9 Å². The molecule has 1 atom stereocenters. The van der Waals surface area contributed by atoms with Crippen molar-refractivity contribution < 1.29 is 9.18 Å². The minimum atomic E-state index is -0.619. The summed E-state index contributed by atoms with van der Waals surface area (Å²) in [6, 6.07) is 6.22. The molecule has 3 rings (SSSR count). The zero-order valence-electron chi connectivity index (χ0n) is 12.8. The molecule has 1 aliphatic heterocycles. The van der Waals surface area contributed by atoms with Gasteiger partial charge >= 0.3 is 0 Å². The lowest BCUT2D eigenvalue weighted by Gasteiger charge is -2.27. The highest BCUT2D eigenvalue weighted by Crippen LogP contribution is 2.36. The quantitative estimate of drug-likeness (QED) is 0.692. The van der Waals surface area contributed by atoms with Crippen molar-refractivity contribution in [3.8, 4) is 0 Å². The summed E-state index contributed by atoms with van der Waals surface area (Å²) in [5.41, 5.74) is 0.276. The lowest BCUT2D eigenvalue weighted by molar-refractivity contribution is -0.116. The van der Waals surface area contributed by atoms with Crippen molar-refractivity contribution in [3.63, 3.8) is 0 Å². The summed E-state index contributed by atoms with van der Waals surface area (Å²) in [6.45, 7) is 1.96. The third-order valence-corrected chi connectivity index (χ3v) is 4.77. The Bertz CT molecular complexity index is 835. The lowest BCUT2D eigenvalue weighted by Crippen LogP contribution is -2.33. The molecule has 2 heterocycles. The number of carbonyl (C=O) groups excluding carboxylic acids is 1. The summed E-state index contributed by atoms with van der Waals surface area (Å²) in [5.74, 6) is -0.118. The molecular formula is C16H16FN3O2S. The van der Waals surface area contributed by atoms with E-state index in [4.69, 9.17) is 0 Å². The normalized spacial score (nSPS) is 16.8. The zero-order chi connectivity index (χ0) is 16.6. The highest BCUT2D eigenvalue weighted by molar-refractivity contribution is 7.99. The molecule has 1 aromatic heterocycles. The largest absolute Gasteiger partial charge is 0.312 e. The zero-order valence-corrected chi connectivity index (χ0v) is 13.6. The number of fused-ring (bicyclic) bond motifs is 1. The molecule has 0 radical (unpaired) electrons. The summed E-state index contributed by atoms with van der Waals surface area (Å²) in [7, 11) is 1.74. The number of thioether (sulfide) groups is 1. The van der Waals surface area contributed by atoms with Crippen LogP contribution in [0.1, 0.15) is 30.4 Å². The topological polar surface area (TPSA) is 64.0 Å². The average Bonchev–Trinajstić information content (AvgIpc) is 2.52. The number of aromatic nitrogens is 2. The van der Waals surface area contributed by atoms with Gasteiger partial charge in [-0.05, 0) is 17.4 Å². The van der Waals surface area contributed by atoms with Crippen molar-refractivity contribution in [1.29, 1.82) is 0 Å². The second-order valence-electron chi connectivity index (χ2n) is 5.28. The van der Waals surface area contributed by atoms with E-state index in [0.29, 0.717) is 22.1 Å². The van der Waals surface area contributed by atoms with Crippen molar-refractivity contribution in [2.24, 2.45) is 7.05 Å². The molecule has 2 aromatic rings. The van der Waals surface area contributed by atoms with Gasteiger partial charge in [0.05, 0.1) is 5.56 Å². The Kier molecular flexibility index (Phi) is 4.21. The Morgan fingerprint density at radius 2 is 2.13 bits per heavy atom. The average molecular weight is 333 g/mol. The molecule has 0 aliphatic carbocycles. The number of hydrogen-bond donors (Lipinski definition) is 1. The highest BCUT2D eigenvalue weighted by Gasteiger charge is 2.33. The van der Waals surface area contributed by atoms with E-state index in [1.54, 1.807) is 29.8 Å². The van der Waals surface area contributed by atoms with Crippen LogP contribution in [0.2, 0.25) is 0 Å². The molecule has 1 aliphatic rings. The van der Waals surface area contributed by atoms with Gasteiger partial charge < -0.3 is 9.88 Å². The number of rotatable bonds is 3. The van der Waals surface area contributed by atoms with E-state index in [1.807, 2.05) is 6.92 Å². The molecule has 0 unspecified atom stereocenters. The first kappa shape index (κ1) is 15.7. The minimum Gasteiger partial charge on any atom is -0.312 e. The molecule has 23 heavy (non-hydrogen) atoms. The van der Waals surface area contributed by atoms with Gasteiger partial charge in [0.1, 0.15) is 11.6 Å². The number of benzene rings is 1. The molecule has 0 bridgehead atoms. The first-order valence-corrected chi connectivity index (χ1v) is 8.29. The van der Waals surface area contributed by atoms with E-state index in [2.05, 4.69) is 10.3 Å². The minimum absolute atomic E-state index is 0.0329. The second kappa shape index (κ2) is 6.16. The summed E-state index contributed by atoms with van der Waals surface area (Å²) in [4.78, 5) is 28.7. The van der Waals surface area contributed by atoms with Gasteiger partial charge in [0.25, 0.3) is 5.56 Å². The van der Waals surface area contributed by atoms with Gasteiger partial charge in [0.2, 0.25) is 5.91 Å². The molecule has 120 valence electrons. The first-order chi connectivity index (χ1) is 11.0. The van der Waals surface area contributed by atoms with E-state index in [1.165, 1.54) is 17.8 Å². The molecule has 1 amide bonds. The maximum Gasteiger partial charge on any atom is 0.279 e. The fraction of sp³-hybridized carbons (Fsp3) is 0.312. The fourth-order valence-corrected chi connectivity index (χ4v) is 3.51. The van der Waals surface area contributed by atoms with Gasteiger partial charge in [0.15, 0.2) is 5.16 Å². The smallest absolute Gasteiger partial charge is 0.279 e. The fourth-order valence-electron chi connectivity index (χ4n) is 2.82. The summed E-state index contributed by atoms with van der Waals surface area (Å²) in [6.07, 6.45) is 0.0329. The number of anilines is 1. The van der Waals surface area contributed by atoms with Gasteiger partial charge in [0, 0.05) is 19.4 Å². The monoisotopic (exact) mass is 333 g/mol. The van der Waals surface area contributed by atoms with Crippen molar-refractivity contribution >= 4 is 23.5 Å². The van der Waals surface area contributed by atoms with Gasteiger partial charge in [-0.3, -0.25) is 9.59 Å². The highest BCUT2D eigenvalue weighted by atomic mass is 32.2. The Hall–Kier alpha value is -2.15. The van der Waals surface area contributed by atoms with Crippen molar-refractivity contribution in [1.82, 2.24) is 9.55 Å². The maximum atomic E-state index is 14.2. The van der Waals surface area contributed by atoms with E-state index in [0.717, 1.165) is 5.75 Å². The van der Waals surface area contributed by atoms with Crippen LogP contribution >= 0.6 is 11.8 Å². The van der Waals surface area contributed by atoms with Crippen LogP contribution in [0.4, 0.5) is 10.2 Å². The molecule has 1 aromatic carbocycles. The Balaban J connectivity index is 2.23. The van der Waals surface area contributed by atoms with Crippen LogP contribution in [-0.4, -0.2) is 21.2 Å². The molecule has 0 spiro atoms. The molecular weight excluding hydrogens is 317 g/mol. The molecule has 1 N–H and O–H groups in total. The number of amides is 1. The van der Waals surface area contributed by atoms with E-state index >= 15 is 0 Å². The summed E-state index contributed by atoms with van der Waals surface area (Å²) in [5, 5.41) is 3.27. The predicted molar refractivity (Wildman–Crippen MR) is 87.4 cm³/mol. The van der Waals surface area contributed by atoms with Gasteiger partial charge in [-0.1, -0.05) is 36.9 Å². The van der Waals surface area contributed by atoms with Crippen LogP contribution in [0.3, 0.4) is 0 Å². The second-order valence-corrected chi connectivity index (χ2v) is 6.51. The summed E-state index contributed by atoms with van der Waals surface area (Å²) < 4.78 is 15.9. The maximum absolute atomic E-state index is 14.2. The van der Waals surface area contributed by atoms with Gasteiger partial charge in [-0.25, -0.2) is 4.39 Å². The van der Waals surface area contributed by atoms with Crippen molar-refractivity contribution in [2.45, 2.75) is 24.4 Å². The van der Waals surface area contributed by atoms with Crippen LogP contribution in [0.25, 0.3) is 0 Å². The molecule has 7 heteroatoms. The third-order valence-electron chi connectivity index (χ3n) is 3.85. The summed E-state index contributed by atoms with van der Waals surface area (Å²) >= 11 is 1.42. The SMILES string of the molecule is CCSc1nc(=O)c2c(n1C)NC(=O)C[C@H]2c1ccccc1F. The molecule has 0 saturated carbocycles. The van der Waals surface area contributed by atoms with E-state index in [9.17, 15) is 14.0 Å². The number of nitrogens with zero attached hydrogens (tertiary/aromatic N) is 2. The number of hydrogen-bond acceptors (Lipinski definition) is 4. The number of nitrogens with one attached hydrogen (secondary N) is 1. The number of carbonyl (C=O) groups is 1. The molecule has 5 nitrogen and oxygen atoms in total. The number of halogens is 1. The van der Waals surface area contributed by atoms with Crippen LogP contribution in [0.15, 0.2) is 34.2 Å². The van der Waals surface area contributed by atoms with Crippen LogP contribution in [-0.2, 0) is 11.8 Å². The first-order valence-electron chi connectivity index (χ1n) is 7.31. The van der Waals surface area contributed by atoms with E-state index < -0.39 is 17.3 Å². The van der Waals surface area contributed by atoms with Gasteiger partial charge in [-0.2, -0.15) is 4.98 Å². The van der Waals surface area contributed by atoms with Gasteiger partial charge in [-0.15, -0.1) is 0 Å². The molecule has 0 fully saturated rings. The Morgan fingerprint density at radius 3 is 2.83 bits per heavy atom. The van der Waals surface area contributed by atoms with Crippen molar-refractivity contribution in [2.75, 3.05) is 11.1 Å². The van der Waals surface area contributed by atoms with Crippen LogP contribution in [0.5, 0.6) is 0 Å². The Morgan fingerprint density at radius 1 is 1.39 bits per heavy atom. The van der Waals surface area contributed by atoms with Crippen molar-refractivity contribution in [3.05, 3.63) is 51.6 Å². The molecule has 0 saturated heterocycles. The lowest BCUT2D eigenvalue weighted by atomic mass is 9.86. The Labute approximate surface area is 136 Å². The van der Waals surface area contributed by atoms with Crippen LogP contribution in [0, 0.1) is 5.82 Å².